The van der Waals surface area contributed by atoms with Crippen molar-refractivity contribution in [3.05, 3.63) is 0 Å². The average molecular weight is 256 g/mol. The Kier molecular flexibility index (Phi) is 25.0. The second-order valence-corrected chi connectivity index (χ2v) is 3.25. The van der Waals surface area contributed by atoms with Gasteiger partial charge in [0.2, 0.25) is 5.78 Å². The molecule has 18 heavy (non-hydrogen) atoms. The van der Waals surface area contributed by atoms with Crippen LogP contribution in [0.3, 0.4) is 0 Å². The zero-order chi connectivity index (χ0) is 14.4. The highest BCUT2D eigenvalue weighted by Gasteiger charge is 1.83. The number of carbonyl (C=O) groups excluding carboxylic acids is 2. The fourth-order valence-electron chi connectivity index (χ4n) is 0.206. The molecule has 0 heterocycles. The summed E-state index contributed by atoms with van der Waals surface area (Å²) in [6.07, 6.45) is 3.39. The fourth-order valence-corrected chi connectivity index (χ4v) is 0.206. The lowest BCUT2D eigenvalue weighted by Crippen LogP contribution is -1.94. The summed E-state index contributed by atoms with van der Waals surface area (Å²) in [5, 5.41) is 16.6. The molecule has 0 fully saturated rings. The normalized spacial score (nSPS) is 10.1. The number of aliphatic hydroxyl groups excluding tert-OH is 2. The highest BCUT2D eigenvalue weighted by molar-refractivity contribution is 5.93. The molecular formula is C14H24O4. The molecule has 2 atom stereocenters. The summed E-state index contributed by atoms with van der Waals surface area (Å²) in [6, 6.07) is 0. The molecule has 0 unspecified atom stereocenters. The lowest BCUT2D eigenvalue weighted by molar-refractivity contribution is -0.115. The second kappa shape index (κ2) is 17.8. The SMILES string of the molecule is C.C#C[C@@H](C)O.CC(=O)C#C[C@@H](C)O.CC(C)=O. The molecule has 0 aliphatic heterocycles. The number of rotatable bonds is 0. The summed E-state index contributed by atoms with van der Waals surface area (Å²) >= 11 is 0. The van der Waals surface area contributed by atoms with E-state index in [2.05, 4.69) is 24.2 Å². The fraction of sp³-hybridized carbons (Fsp3) is 0.571. The van der Waals surface area contributed by atoms with E-state index in [-0.39, 0.29) is 19.0 Å². The summed E-state index contributed by atoms with van der Waals surface area (Å²) in [6.45, 7) is 7.46. The van der Waals surface area contributed by atoms with E-state index in [1.54, 1.807) is 6.92 Å². The van der Waals surface area contributed by atoms with Gasteiger partial charge in [0.05, 0.1) is 0 Å². The minimum absolute atomic E-state index is 0. The smallest absolute Gasteiger partial charge is 0.202 e. The van der Waals surface area contributed by atoms with E-state index in [0.29, 0.717) is 0 Å². The monoisotopic (exact) mass is 256 g/mol. The molecule has 0 saturated heterocycles. The van der Waals surface area contributed by atoms with Gasteiger partial charge >= 0.3 is 0 Å². The van der Waals surface area contributed by atoms with Crippen molar-refractivity contribution >= 4 is 11.6 Å². The molecule has 0 amide bonds. The molecule has 2 N–H and O–H groups in total. The molecule has 0 saturated carbocycles. The lowest BCUT2D eigenvalue weighted by Gasteiger charge is -1.83. The van der Waals surface area contributed by atoms with Crippen LogP contribution in [0.15, 0.2) is 0 Å². The van der Waals surface area contributed by atoms with Crippen molar-refractivity contribution < 1.29 is 19.8 Å². The number of terminal acetylenes is 1. The van der Waals surface area contributed by atoms with Crippen LogP contribution in [-0.4, -0.2) is 34.0 Å². The summed E-state index contributed by atoms with van der Waals surface area (Å²) in [5.74, 6) is 6.54. The van der Waals surface area contributed by atoms with E-state index in [4.69, 9.17) is 10.2 Å². The number of Topliss-reactive ketones (excluding diaryl/α,β-unsaturated/α-hetero) is 2. The maximum atomic E-state index is 10.1. The van der Waals surface area contributed by atoms with Gasteiger partial charge in [-0.25, -0.2) is 0 Å². The molecule has 0 aromatic heterocycles. The first-order chi connectivity index (χ1) is 7.63. The molecule has 0 radical (unpaired) electrons. The van der Waals surface area contributed by atoms with Crippen molar-refractivity contribution in [3.8, 4) is 24.2 Å². The Labute approximate surface area is 110 Å². The molecule has 0 spiro atoms. The van der Waals surface area contributed by atoms with Crippen LogP contribution in [0.25, 0.3) is 0 Å². The van der Waals surface area contributed by atoms with E-state index in [1.165, 1.54) is 27.7 Å². The van der Waals surface area contributed by atoms with E-state index in [1.807, 2.05) is 0 Å². The Balaban J connectivity index is -0.0000000855. The summed E-state index contributed by atoms with van der Waals surface area (Å²) < 4.78 is 0. The molecule has 4 heteroatoms. The predicted molar refractivity (Wildman–Crippen MR) is 73.7 cm³/mol. The van der Waals surface area contributed by atoms with Gasteiger partial charge in [-0.2, -0.15) is 0 Å². The first-order valence-electron chi connectivity index (χ1n) is 4.95. The Morgan fingerprint density at radius 3 is 1.39 bits per heavy atom. The third-order valence-corrected chi connectivity index (χ3v) is 0.698. The van der Waals surface area contributed by atoms with Crippen LogP contribution in [0.4, 0.5) is 0 Å². The summed E-state index contributed by atoms with van der Waals surface area (Å²) in [5.41, 5.74) is 0. The lowest BCUT2D eigenvalue weighted by atomic mass is 10.4. The van der Waals surface area contributed by atoms with Crippen LogP contribution in [-0.2, 0) is 9.59 Å². The molecule has 0 rings (SSSR count). The van der Waals surface area contributed by atoms with Gasteiger partial charge in [0, 0.05) is 6.92 Å². The standard InChI is InChI=1S/C6H8O2.C4H6O.C3H6O.CH4/c1-5(7)3-4-6(2)8;1-3-4(2)5;1-3(2)4;/h5,7H,1-2H3;1,4-5H,2H3;1-2H3;1H4/t5-;4-;;/m11../s1. The van der Waals surface area contributed by atoms with Crippen molar-refractivity contribution in [1.29, 1.82) is 0 Å². The zero-order valence-electron chi connectivity index (χ0n) is 10.9. The summed E-state index contributed by atoms with van der Waals surface area (Å²) in [4.78, 5) is 19.5. The molecule has 0 aromatic carbocycles. The van der Waals surface area contributed by atoms with Crippen molar-refractivity contribution in [2.24, 2.45) is 0 Å². The maximum Gasteiger partial charge on any atom is 0.202 e. The number of hydrogen-bond acceptors (Lipinski definition) is 4. The average Bonchev–Trinajstić information content (AvgIpc) is 2.14. The Hall–Kier alpha value is -1.62. The van der Waals surface area contributed by atoms with Crippen molar-refractivity contribution in [2.75, 3.05) is 0 Å². The van der Waals surface area contributed by atoms with Crippen LogP contribution in [0.2, 0.25) is 0 Å². The summed E-state index contributed by atoms with van der Waals surface area (Å²) in [7, 11) is 0. The largest absolute Gasteiger partial charge is 0.381 e. The Morgan fingerprint density at radius 2 is 1.33 bits per heavy atom. The van der Waals surface area contributed by atoms with Crippen LogP contribution in [0, 0.1) is 24.2 Å². The Morgan fingerprint density at radius 1 is 1.06 bits per heavy atom. The number of carbonyl (C=O) groups is 2. The minimum atomic E-state index is -0.695. The van der Waals surface area contributed by atoms with Gasteiger partial charge in [0.15, 0.2) is 0 Å². The quantitative estimate of drug-likeness (QED) is 0.504. The molecule has 0 aliphatic rings. The van der Waals surface area contributed by atoms with Gasteiger partial charge in [-0.3, -0.25) is 4.79 Å². The zero-order valence-corrected chi connectivity index (χ0v) is 10.9. The van der Waals surface area contributed by atoms with E-state index >= 15 is 0 Å². The van der Waals surface area contributed by atoms with Crippen LogP contribution < -0.4 is 0 Å². The van der Waals surface area contributed by atoms with Crippen molar-refractivity contribution in [3.63, 3.8) is 0 Å². The minimum Gasteiger partial charge on any atom is -0.381 e. The topological polar surface area (TPSA) is 74.6 Å². The van der Waals surface area contributed by atoms with E-state index in [9.17, 15) is 9.59 Å². The molecular weight excluding hydrogens is 232 g/mol. The van der Waals surface area contributed by atoms with Gasteiger partial charge in [0.25, 0.3) is 0 Å². The first-order valence-corrected chi connectivity index (χ1v) is 4.95. The van der Waals surface area contributed by atoms with Crippen molar-refractivity contribution in [1.82, 2.24) is 0 Å². The molecule has 0 aliphatic carbocycles. The highest BCUT2D eigenvalue weighted by atomic mass is 16.3. The highest BCUT2D eigenvalue weighted by Crippen LogP contribution is 1.72. The molecule has 104 valence electrons. The van der Waals surface area contributed by atoms with Gasteiger partial charge < -0.3 is 15.0 Å². The van der Waals surface area contributed by atoms with Crippen LogP contribution in [0.5, 0.6) is 0 Å². The number of ketones is 2. The third-order valence-electron chi connectivity index (χ3n) is 0.698. The van der Waals surface area contributed by atoms with Crippen LogP contribution in [0.1, 0.15) is 42.0 Å². The molecule has 4 nitrogen and oxygen atoms in total. The number of hydrogen-bond donors (Lipinski definition) is 2. The van der Waals surface area contributed by atoms with Crippen LogP contribution >= 0.6 is 0 Å². The van der Waals surface area contributed by atoms with E-state index in [0.717, 1.165) is 0 Å². The second-order valence-electron chi connectivity index (χ2n) is 3.25. The van der Waals surface area contributed by atoms with E-state index < -0.39 is 12.2 Å². The van der Waals surface area contributed by atoms with Gasteiger partial charge in [-0.15, -0.1) is 6.42 Å². The number of aliphatic hydroxyl groups is 2. The predicted octanol–water partition coefficient (Wildman–Crippen LogP) is 1.19. The molecule has 0 bridgehead atoms. The van der Waals surface area contributed by atoms with Crippen molar-refractivity contribution in [2.45, 2.75) is 54.3 Å². The van der Waals surface area contributed by atoms with Gasteiger partial charge in [0.1, 0.15) is 18.0 Å². The third kappa shape index (κ3) is 88.9. The van der Waals surface area contributed by atoms with Gasteiger partial charge in [-0.1, -0.05) is 19.3 Å². The first kappa shape index (κ1) is 25.3. The molecule has 0 aromatic rings. The Bertz CT molecular complexity index is 307. The van der Waals surface area contributed by atoms with Gasteiger partial charge in [-0.05, 0) is 33.6 Å². The maximum absolute atomic E-state index is 10.1.